The van der Waals surface area contributed by atoms with Gasteiger partial charge < -0.3 is 20.5 Å². The number of nitrogens with one attached hydrogen (secondary N) is 2. The molecule has 1 aliphatic heterocycles. The number of urea groups is 1. The highest BCUT2D eigenvalue weighted by atomic mass is 16.5. The van der Waals surface area contributed by atoms with Gasteiger partial charge >= 0.3 is 12.0 Å². The Kier molecular flexibility index (Phi) is 4.54. The van der Waals surface area contributed by atoms with Crippen LogP contribution in [0.3, 0.4) is 0 Å². The molecular weight excluding hydrogens is 212 g/mol. The standard InChI is InChI=1S/C10H18N2O4/c1-10(4-6-16-7-10)12-9(15)11-5-2-3-8(13)14/h2-7H2,1H3,(H,13,14)(H2,11,12,15). The number of carbonyl (C=O) groups excluding carboxylic acids is 1. The molecule has 1 heterocycles. The van der Waals surface area contributed by atoms with Crippen molar-refractivity contribution in [2.75, 3.05) is 19.8 Å². The minimum Gasteiger partial charge on any atom is -0.481 e. The SMILES string of the molecule is CC1(NC(=O)NCCCC(=O)O)CCOC1. The van der Waals surface area contributed by atoms with Crippen LogP contribution in [0.15, 0.2) is 0 Å². The molecule has 92 valence electrons. The molecule has 2 amide bonds. The zero-order valence-corrected chi connectivity index (χ0v) is 9.41. The first kappa shape index (κ1) is 12.8. The molecule has 0 bridgehead atoms. The highest BCUT2D eigenvalue weighted by molar-refractivity contribution is 5.74. The second-order valence-electron chi connectivity index (χ2n) is 4.24. The maximum absolute atomic E-state index is 11.4. The summed E-state index contributed by atoms with van der Waals surface area (Å²) in [5, 5.41) is 13.8. The van der Waals surface area contributed by atoms with Crippen LogP contribution in [0.1, 0.15) is 26.2 Å². The molecule has 1 rings (SSSR count). The van der Waals surface area contributed by atoms with Gasteiger partial charge in [-0.1, -0.05) is 0 Å². The van der Waals surface area contributed by atoms with Gasteiger partial charge in [0.05, 0.1) is 12.1 Å². The molecule has 6 nitrogen and oxygen atoms in total. The second kappa shape index (κ2) is 5.69. The lowest BCUT2D eigenvalue weighted by atomic mass is 10.0. The smallest absolute Gasteiger partial charge is 0.315 e. The molecule has 1 aliphatic rings. The van der Waals surface area contributed by atoms with E-state index in [1.165, 1.54) is 0 Å². The van der Waals surface area contributed by atoms with E-state index in [0.29, 0.717) is 26.2 Å². The Morgan fingerprint density at radius 3 is 2.81 bits per heavy atom. The first-order chi connectivity index (χ1) is 7.52. The molecule has 0 aromatic heterocycles. The van der Waals surface area contributed by atoms with Gasteiger partial charge in [0, 0.05) is 19.6 Å². The minimum atomic E-state index is -0.849. The summed E-state index contributed by atoms with van der Waals surface area (Å²) >= 11 is 0. The third-order valence-corrected chi connectivity index (χ3v) is 2.49. The predicted octanol–water partition coefficient (Wildman–Crippen LogP) is 0.329. The quantitative estimate of drug-likeness (QED) is 0.594. The van der Waals surface area contributed by atoms with Gasteiger partial charge in [0.15, 0.2) is 0 Å². The normalized spacial score (nSPS) is 24.1. The Morgan fingerprint density at radius 1 is 1.50 bits per heavy atom. The Labute approximate surface area is 94.3 Å². The molecule has 0 radical (unpaired) electrons. The summed E-state index contributed by atoms with van der Waals surface area (Å²) < 4.78 is 5.20. The fraction of sp³-hybridized carbons (Fsp3) is 0.800. The van der Waals surface area contributed by atoms with E-state index in [0.717, 1.165) is 6.42 Å². The minimum absolute atomic E-state index is 0.0701. The van der Waals surface area contributed by atoms with Crippen LogP contribution in [-0.4, -0.2) is 42.4 Å². The fourth-order valence-electron chi connectivity index (χ4n) is 1.53. The molecule has 0 spiro atoms. The Hall–Kier alpha value is -1.30. The number of rotatable bonds is 5. The molecule has 1 unspecified atom stereocenters. The van der Waals surface area contributed by atoms with Crippen molar-refractivity contribution >= 4 is 12.0 Å². The van der Waals surface area contributed by atoms with Crippen molar-refractivity contribution in [1.82, 2.24) is 10.6 Å². The van der Waals surface area contributed by atoms with Crippen LogP contribution in [-0.2, 0) is 9.53 Å². The summed E-state index contributed by atoms with van der Waals surface area (Å²) in [5.41, 5.74) is -0.295. The second-order valence-corrected chi connectivity index (χ2v) is 4.24. The van der Waals surface area contributed by atoms with Crippen molar-refractivity contribution in [1.29, 1.82) is 0 Å². The zero-order chi connectivity index (χ0) is 12.0. The van der Waals surface area contributed by atoms with E-state index in [-0.39, 0.29) is 18.0 Å². The molecule has 1 saturated heterocycles. The molecule has 1 fully saturated rings. The number of amides is 2. The monoisotopic (exact) mass is 230 g/mol. The molecule has 1 atom stereocenters. The average Bonchev–Trinajstić information content (AvgIpc) is 2.59. The number of hydrogen-bond donors (Lipinski definition) is 3. The summed E-state index contributed by atoms with van der Waals surface area (Å²) in [4.78, 5) is 21.7. The average molecular weight is 230 g/mol. The Morgan fingerprint density at radius 2 is 2.25 bits per heavy atom. The van der Waals surface area contributed by atoms with E-state index >= 15 is 0 Å². The number of carboxylic acids is 1. The van der Waals surface area contributed by atoms with E-state index in [4.69, 9.17) is 9.84 Å². The van der Waals surface area contributed by atoms with Crippen LogP contribution < -0.4 is 10.6 Å². The Balaban J connectivity index is 2.13. The van der Waals surface area contributed by atoms with Crippen molar-refractivity contribution in [3.8, 4) is 0 Å². The van der Waals surface area contributed by atoms with Crippen LogP contribution in [0.25, 0.3) is 0 Å². The lowest BCUT2D eigenvalue weighted by Gasteiger charge is -2.23. The third-order valence-electron chi connectivity index (χ3n) is 2.49. The number of carboxylic acid groups (broad SMARTS) is 1. The lowest BCUT2D eigenvalue weighted by Crippen LogP contribution is -2.50. The first-order valence-corrected chi connectivity index (χ1v) is 5.37. The maximum Gasteiger partial charge on any atom is 0.315 e. The van der Waals surface area contributed by atoms with Gasteiger partial charge in [-0.05, 0) is 19.8 Å². The summed E-state index contributed by atoms with van der Waals surface area (Å²) in [5.74, 6) is -0.849. The van der Waals surface area contributed by atoms with Crippen LogP contribution >= 0.6 is 0 Å². The van der Waals surface area contributed by atoms with Crippen LogP contribution in [0.5, 0.6) is 0 Å². The van der Waals surface area contributed by atoms with Gasteiger partial charge in [0.25, 0.3) is 0 Å². The van der Waals surface area contributed by atoms with E-state index in [2.05, 4.69) is 10.6 Å². The van der Waals surface area contributed by atoms with Gasteiger partial charge in [-0.25, -0.2) is 4.79 Å². The van der Waals surface area contributed by atoms with Crippen LogP contribution in [0.2, 0.25) is 0 Å². The molecular formula is C10H18N2O4. The summed E-state index contributed by atoms with van der Waals surface area (Å²) in [6, 6.07) is -0.265. The van der Waals surface area contributed by atoms with Gasteiger partial charge in [-0.3, -0.25) is 4.79 Å². The molecule has 0 saturated carbocycles. The maximum atomic E-state index is 11.4. The Bertz CT molecular complexity index is 262. The summed E-state index contributed by atoms with van der Waals surface area (Å²) in [6.07, 6.45) is 1.31. The summed E-state index contributed by atoms with van der Waals surface area (Å²) in [7, 11) is 0. The number of ether oxygens (including phenoxy) is 1. The topological polar surface area (TPSA) is 87.7 Å². The van der Waals surface area contributed by atoms with E-state index < -0.39 is 5.97 Å². The number of carbonyl (C=O) groups is 2. The van der Waals surface area contributed by atoms with Gasteiger partial charge in [0.2, 0.25) is 0 Å². The van der Waals surface area contributed by atoms with Crippen molar-refractivity contribution < 1.29 is 19.4 Å². The van der Waals surface area contributed by atoms with Crippen molar-refractivity contribution in [3.05, 3.63) is 0 Å². The third kappa shape index (κ3) is 4.48. The molecule has 3 N–H and O–H groups in total. The first-order valence-electron chi connectivity index (χ1n) is 5.37. The van der Waals surface area contributed by atoms with E-state index in [1.54, 1.807) is 0 Å². The highest BCUT2D eigenvalue weighted by Crippen LogP contribution is 2.16. The number of hydrogen-bond acceptors (Lipinski definition) is 3. The largest absolute Gasteiger partial charge is 0.481 e. The van der Waals surface area contributed by atoms with Gasteiger partial charge in [-0.15, -0.1) is 0 Å². The predicted molar refractivity (Wildman–Crippen MR) is 57.2 cm³/mol. The van der Waals surface area contributed by atoms with E-state index in [9.17, 15) is 9.59 Å². The summed E-state index contributed by atoms with van der Waals surface area (Å²) in [6.45, 7) is 3.48. The molecule has 0 aromatic rings. The van der Waals surface area contributed by atoms with Crippen molar-refractivity contribution in [3.63, 3.8) is 0 Å². The highest BCUT2D eigenvalue weighted by Gasteiger charge is 2.30. The molecule has 6 heteroatoms. The molecule has 0 aromatic carbocycles. The lowest BCUT2D eigenvalue weighted by molar-refractivity contribution is -0.137. The fourth-order valence-corrected chi connectivity index (χ4v) is 1.53. The molecule has 0 aliphatic carbocycles. The van der Waals surface area contributed by atoms with E-state index in [1.807, 2.05) is 6.92 Å². The van der Waals surface area contributed by atoms with Gasteiger partial charge in [0.1, 0.15) is 0 Å². The number of aliphatic carboxylic acids is 1. The van der Waals surface area contributed by atoms with Crippen LogP contribution in [0, 0.1) is 0 Å². The molecule has 16 heavy (non-hydrogen) atoms. The zero-order valence-electron chi connectivity index (χ0n) is 9.41. The van der Waals surface area contributed by atoms with Crippen molar-refractivity contribution in [2.45, 2.75) is 31.7 Å². The van der Waals surface area contributed by atoms with Crippen LogP contribution in [0.4, 0.5) is 4.79 Å². The van der Waals surface area contributed by atoms with Gasteiger partial charge in [-0.2, -0.15) is 0 Å². The van der Waals surface area contributed by atoms with Crippen molar-refractivity contribution in [2.24, 2.45) is 0 Å².